The molecule has 132 valence electrons. The van der Waals surface area contributed by atoms with Gasteiger partial charge in [-0.2, -0.15) is 0 Å². The molecule has 0 fully saturated rings. The molecule has 2 amide bonds. The Morgan fingerprint density at radius 2 is 1.85 bits per heavy atom. The van der Waals surface area contributed by atoms with Crippen molar-refractivity contribution in [3.8, 4) is 0 Å². The van der Waals surface area contributed by atoms with Crippen LogP contribution in [-0.4, -0.2) is 21.4 Å². The van der Waals surface area contributed by atoms with E-state index in [9.17, 15) is 14.4 Å². The van der Waals surface area contributed by atoms with E-state index in [1.807, 2.05) is 0 Å². The van der Waals surface area contributed by atoms with Crippen molar-refractivity contribution in [2.24, 2.45) is 5.73 Å². The summed E-state index contributed by atoms with van der Waals surface area (Å²) < 4.78 is 1.31. The third kappa shape index (κ3) is 3.19. The van der Waals surface area contributed by atoms with Gasteiger partial charge in [-0.3, -0.25) is 19.0 Å². The Hall–Kier alpha value is -3.48. The molecule has 0 saturated carbocycles. The average molecular weight is 350 g/mol. The summed E-state index contributed by atoms with van der Waals surface area (Å²) in [5, 5.41) is 3.13. The molecule has 0 aliphatic carbocycles. The van der Waals surface area contributed by atoms with Gasteiger partial charge in [0.05, 0.1) is 28.5 Å². The van der Waals surface area contributed by atoms with Crippen molar-refractivity contribution in [3.63, 3.8) is 0 Å². The number of anilines is 1. The lowest BCUT2D eigenvalue weighted by molar-refractivity contribution is -0.119. The first-order chi connectivity index (χ1) is 12.5. The van der Waals surface area contributed by atoms with E-state index in [4.69, 9.17) is 5.73 Å². The van der Waals surface area contributed by atoms with Gasteiger partial charge in [0, 0.05) is 0 Å². The molecule has 1 aromatic heterocycles. The average Bonchev–Trinajstić information content (AvgIpc) is 2.64. The zero-order valence-corrected chi connectivity index (χ0v) is 14.2. The summed E-state index contributed by atoms with van der Waals surface area (Å²) >= 11 is 0. The fourth-order valence-corrected chi connectivity index (χ4v) is 2.84. The van der Waals surface area contributed by atoms with Gasteiger partial charge in [0.1, 0.15) is 6.04 Å². The number of benzene rings is 2. The van der Waals surface area contributed by atoms with Crippen molar-refractivity contribution < 1.29 is 9.59 Å². The third-order valence-electron chi connectivity index (χ3n) is 4.17. The van der Waals surface area contributed by atoms with E-state index in [-0.39, 0.29) is 11.1 Å². The van der Waals surface area contributed by atoms with Gasteiger partial charge in [0.15, 0.2) is 0 Å². The van der Waals surface area contributed by atoms with Gasteiger partial charge in [-0.15, -0.1) is 0 Å². The predicted molar refractivity (Wildman–Crippen MR) is 98.9 cm³/mol. The number of para-hydroxylation sites is 2. The molecule has 7 nitrogen and oxygen atoms in total. The Bertz CT molecular complexity index is 1040. The Morgan fingerprint density at radius 3 is 2.58 bits per heavy atom. The van der Waals surface area contributed by atoms with Crippen LogP contribution in [0.5, 0.6) is 0 Å². The molecule has 1 heterocycles. The number of fused-ring (bicyclic) bond motifs is 1. The summed E-state index contributed by atoms with van der Waals surface area (Å²) in [6.07, 6.45) is 1.75. The molecule has 26 heavy (non-hydrogen) atoms. The van der Waals surface area contributed by atoms with Crippen molar-refractivity contribution in [2.45, 2.75) is 19.4 Å². The second-order valence-electron chi connectivity index (χ2n) is 5.80. The zero-order valence-electron chi connectivity index (χ0n) is 14.2. The fraction of sp³-hybridized carbons (Fsp3) is 0.158. The van der Waals surface area contributed by atoms with Gasteiger partial charge in [-0.1, -0.05) is 31.2 Å². The zero-order chi connectivity index (χ0) is 18.7. The third-order valence-corrected chi connectivity index (χ3v) is 4.17. The lowest BCUT2D eigenvalue weighted by Crippen LogP contribution is -2.33. The van der Waals surface area contributed by atoms with Gasteiger partial charge in [0.25, 0.3) is 11.5 Å². The predicted octanol–water partition coefficient (Wildman–Crippen LogP) is 2.09. The van der Waals surface area contributed by atoms with Crippen LogP contribution in [0, 0.1) is 0 Å². The molecular formula is C19H18N4O3. The van der Waals surface area contributed by atoms with Crippen LogP contribution in [0.2, 0.25) is 0 Å². The van der Waals surface area contributed by atoms with Crippen LogP contribution >= 0.6 is 0 Å². The number of nitrogens with one attached hydrogen (secondary N) is 1. The first-order valence-corrected chi connectivity index (χ1v) is 8.18. The maximum Gasteiger partial charge on any atom is 0.261 e. The monoisotopic (exact) mass is 350 g/mol. The van der Waals surface area contributed by atoms with Gasteiger partial charge < -0.3 is 11.1 Å². The van der Waals surface area contributed by atoms with E-state index in [1.54, 1.807) is 49.4 Å². The van der Waals surface area contributed by atoms with E-state index >= 15 is 0 Å². The van der Waals surface area contributed by atoms with Gasteiger partial charge in [-0.25, -0.2) is 4.98 Å². The molecule has 0 unspecified atom stereocenters. The Balaban J connectivity index is 1.97. The lowest BCUT2D eigenvalue weighted by atomic mass is 10.1. The minimum Gasteiger partial charge on any atom is -0.366 e. The lowest BCUT2D eigenvalue weighted by Gasteiger charge is -2.18. The van der Waals surface area contributed by atoms with Crippen molar-refractivity contribution in [3.05, 3.63) is 70.8 Å². The maximum atomic E-state index is 12.8. The van der Waals surface area contributed by atoms with Crippen molar-refractivity contribution in [2.75, 3.05) is 5.32 Å². The second kappa shape index (κ2) is 7.18. The highest BCUT2D eigenvalue weighted by Gasteiger charge is 2.22. The largest absolute Gasteiger partial charge is 0.366 e. The summed E-state index contributed by atoms with van der Waals surface area (Å²) in [5.74, 6) is -1.06. The number of hydrogen-bond donors (Lipinski definition) is 2. The molecule has 0 aliphatic heterocycles. The van der Waals surface area contributed by atoms with Crippen molar-refractivity contribution >= 4 is 28.4 Å². The van der Waals surface area contributed by atoms with Crippen LogP contribution in [-0.2, 0) is 4.79 Å². The molecule has 3 N–H and O–H groups in total. The SMILES string of the molecule is CC[C@@H](C(=O)Nc1ccccc1C(N)=O)n1cnc2ccccc2c1=O. The van der Waals surface area contributed by atoms with Gasteiger partial charge >= 0.3 is 0 Å². The minimum absolute atomic E-state index is 0.208. The first kappa shape index (κ1) is 17.3. The van der Waals surface area contributed by atoms with Crippen LogP contribution in [0.3, 0.4) is 0 Å². The molecule has 3 rings (SSSR count). The molecule has 1 atom stereocenters. The van der Waals surface area contributed by atoms with E-state index in [0.29, 0.717) is 23.0 Å². The molecular weight excluding hydrogens is 332 g/mol. The Labute approximate surface area is 149 Å². The molecule has 0 saturated heterocycles. The summed E-state index contributed by atoms with van der Waals surface area (Å²) in [5.41, 5.74) is 6.14. The topological polar surface area (TPSA) is 107 Å². The van der Waals surface area contributed by atoms with Crippen LogP contribution in [0.15, 0.2) is 59.7 Å². The van der Waals surface area contributed by atoms with Gasteiger partial charge in [-0.05, 0) is 30.7 Å². The normalized spacial score (nSPS) is 11.9. The van der Waals surface area contributed by atoms with E-state index in [2.05, 4.69) is 10.3 Å². The number of rotatable bonds is 5. The highest BCUT2D eigenvalue weighted by Crippen LogP contribution is 2.18. The van der Waals surface area contributed by atoms with Gasteiger partial charge in [0.2, 0.25) is 5.91 Å². The molecule has 0 radical (unpaired) electrons. The standard InChI is InChI=1S/C19H18N4O3/c1-2-16(18(25)22-15-10-6-3-7-12(15)17(20)24)23-11-21-14-9-5-4-8-13(14)19(23)26/h3-11,16H,2H2,1H3,(H2,20,24)(H,22,25)/t16-/m0/s1. The highest BCUT2D eigenvalue weighted by atomic mass is 16.2. The maximum absolute atomic E-state index is 12.8. The molecule has 7 heteroatoms. The minimum atomic E-state index is -0.763. The van der Waals surface area contributed by atoms with Crippen molar-refractivity contribution in [1.29, 1.82) is 0 Å². The number of hydrogen-bond acceptors (Lipinski definition) is 4. The van der Waals surface area contributed by atoms with Crippen molar-refractivity contribution in [1.82, 2.24) is 9.55 Å². The Morgan fingerprint density at radius 1 is 1.15 bits per heavy atom. The second-order valence-corrected chi connectivity index (χ2v) is 5.80. The van der Waals surface area contributed by atoms with E-state index < -0.39 is 17.9 Å². The number of nitrogens with two attached hydrogens (primary N) is 1. The molecule has 2 aromatic carbocycles. The van der Waals surface area contributed by atoms with Crippen LogP contribution in [0.4, 0.5) is 5.69 Å². The number of primary amides is 1. The van der Waals surface area contributed by atoms with Crippen LogP contribution in [0.25, 0.3) is 10.9 Å². The number of nitrogens with zero attached hydrogens (tertiary/aromatic N) is 2. The number of carbonyl (C=O) groups is 2. The number of amides is 2. The highest BCUT2D eigenvalue weighted by molar-refractivity contribution is 6.03. The summed E-state index contributed by atoms with van der Waals surface area (Å²) in [4.78, 5) is 41.3. The number of aromatic nitrogens is 2. The summed E-state index contributed by atoms with van der Waals surface area (Å²) in [7, 11) is 0. The summed E-state index contributed by atoms with van der Waals surface area (Å²) in [6, 6.07) is 12.7. The smallest absolute Gasteiger partial charge is 0.261 e. The molecule has 0 spiro atoms. The van der Waals surface area contributed by atoms with E-state index in [1.165, 1.54) is 17.0 Å². The van der Waals surface area contributed by atoms with E-state index in [0.717, 1.165) is 0 Å². The summed E-state index contributed by atoms with van der Waals surface area (Å²) in [6.45, 7) is 1.80. The number of carbonyl (C=O) groups excluding carboxylic acids is 2. The van der Waals surface area contributed by atoms with Crippen LogP contribution in [0.1, 0.15) is 29.7 Å². The quantitative estimate of drug-likeness (QED) is 0.734. The molecule has 0 bridgehead atoms. The van der Waals surface area contributed by atoms with Crippen LogP contribution < -0.4 is 16.6 Å². The fourth-order valence-electron chi connectivity index (χ4n) is 2.84. The Kier molecular flexibility index (Phi) is 4.79. The first-order valence-electron chi connectivity index (χ1n) is 8.18. The molecule has 0 aliphatic rings. The molecule has 3 aromatic rings.